The minimum atomic E-state index is 0.898. The molecular formula is C12H20N4. The fourth-order valence-corrected chi connectivity index (χ4v) is 1.98. The smallest absolute Gasteiger partial charge is 0.225 e. The molecule has 1 saturated heterocycles. The fraction of sp³-hybridized carbons (Fsp3) is 0.667. The molecule has 0 aromatic carbocycles. The fourth-order valence-electron chi connectivity index (χ4n) is 1.98. The van der Waals surface area contributed by atoms with Crippen LogP contribution >= 0.6 is 0 Å². The Balaban J connectivity index is 2.08. The summed E-state index contributed by atoms with van der Waals surface area (Å²) in [5.74, 6) is 0.898. The number of nitrogens with one attached hydrogen (secondary N) is 1. The molecule has 1 aliphatic rings. The molecule has 0 unspecified atom stereocenters. The van der Waals surface area contributed by atoms with E-state index < -0.39 is 0 Å². The zero-order chi connectivity index (χ0) is 11.2. The second-order valence-electron chi connectivity index (χ2n) is 4.19. The number of aryl methyl sites for hydroxylation is 1. The Hall–Kier alpha value is -1.16. The quantitative estimate of drug-likeness (QED) is 0.832. The first-order valence-electron chi connectivity index (χ1n) is 6.17. The first-order chi connectivity index (χ1) is 7.90. The molecule has 0 aliphatic carbocycles. The van der Waals surface area contributed by atoms with Crippen LogP contribution in [0.15, 0.2) is 12.3 Å². The van der Waals surface area contributed by atoms with Crippen molar-refractivity contribution in [2.45, 2.75) is 26.2 Å². The van der Waals surface area contributed by atoms with E-state index in [0.29, 0.717) is 0 Å². The number of aromatic nitrogens is 2. The maximum Gasteiger partial charge on any atom is 0.225 e. The molecule has 0 amide bonds. The van der Waals surface area contributed by atoms with Gasteiger partial charge in [-0.05, 0) is 25.5 Å². The van der Waals surface area contributed by atoms with Crippen LogP contribution in [0.25, 0.3) is 0 Å². The average molecular weight is 220 g/mol. The first kappa shape index (κ1) is 11.3. The summed E-state index contributed by atoms with van der Waals surface area (Å²) < 4.78 is 0. The van der Waals surface area contributed by atoms with Crippen LogP contribution in [0, 0.1) is 0 Å². The molecule has 2 heterocycles. The molecule has 0 atom stereocenters. The van der Waals surface area contributed by atoms with Gasteiger partial charge in [0.25, 0.3) is 0 Å². The minimum absolute atomic E-state index is 0.898. The van der Waals surface area contributed by atoms with Gasteiger partial charge in [0.15, 0.2) is 0 Å². The minimum Gasteiger partial charge on any atom is -0.339 e. The summed E-state index contributed by atoms with van der Waals surface area (Å²) in [7, 11) is 0. The van der Waals surface area contributed by atoms with Gasteiger partial charge in [-0.15, -0.1) is 0 Å². The van der Waals surface area contributed by atoms with E-state index in [0.717, 1.165) is 50.7 Å². The molecule has 0 radical (unpaired) electrons. The molecular weight excluding hydrogens is 200 g/mol. The zero-order valence-electron chi connectivity index (χ0n) is 9.95. The number of hydrogen-bond donors (Lipinski definition) is 1. The molecule has 1 fully saturated rings. The molecule has 1 N–H and O–H groups in total. The third-order valence-electron chi connectivity index (χ3n) is 2.83. The van der Waals surface area contributed by atoms with Crippen LogP contribution in [-0.4, -0.2) is 36.1 Å². The highest BCUT2D eigenvalue weighted by Gasteiger charge is 2.11. The van der Waals surface area contributed by atoms with Crippen molar-refractivity contribution in [2.24, 2.45) is 0 Å². The number of hydrogen-bond acceptors (Lipinski definition) is 4. The van der Waals surface area contributed by atoms with Crippen molar-refractivity contribution in [1.29, 1.82) is 0 Å². The van der Waals surface area contributed by atoms with E-state index in [2.05, 4.69) is 27.1 Å². The molecule has 16 heavy (non-hydrogen) atoms. The van der Waals surface area contributed by atoms with Crippen LogP contribution in [0.4, 0.5) is 5.95 Å². The van der Waals surface area contributed by atoms with Gasteiger partial charge in [-0.2, -0.15) is 0 Å². The van der Waals surface area contributed by atoms with Gasteiger partial charge in [0, 0.05) is 31.5 Å². The number of rotatable bonds is 3. The molecule has 0 saturated carbocycles. The number of nitrogens with zero attached hydrogens (tertiary/aromatic N) is 3. The molecule has 0 bridgehead atoms. The third-order valence-corrected chi connectivity index (χ3v) is 2.83. The van der Waals surface area contributed by atoms with Crippen LogP contribution in [-0.2, 0) is 6.42 Å². The van der Waals surface area contributed by atoms with Crippen molar-refractivity contribution < 1.29 is 0 Å². The zero-order valence-corrected chi connectivity index (χ0v) is 9.95. The van der Waals surface area contributed by atoms with Crippen LogP contribution < -0.4 is 10.2 Å². The molecule has 88 valence electrons. The van der Waals surface area contributed by atoms with Gasteiger partial charge in [-0.3, -0.25) is 0 Å². The summed E-state index contributed by atoms with van der Waals surface area (Å²) >= 11 is 0. The second-order valence-corrected chi connectivity index (χ2v) is 4.19. The predicted octanol–water partition coefficient (Wildman–Crippen LogP) is 1.23. The van der Waals surface area contributed by atoms with Gasteiger partial charge >= 0.3 is 0 Å². The third kappa shape index (κ3) is 2.92. The lowest BCUT2D eigenvalue weighted by Crippen LogP contribution is -2.29. The van der Waals surface area contributed by atoms with Gasteiger partial charge < -0.3 is 10.2 Å². The molecule has 4 nitrogen and oxygen atoms in total. The van der Waals surface area contributed by atoms with Crippen LogP contribution in [0.5, 0.6) is 0 Å². The Morgan fingerprint density at radius 1 is 1.38 bits per heavy atom. The normalized spacial score (nSPS) is 17.2. The van der Waals surface area contributed by atoms with Crippen LogP contribution in [0.2, 0.25) is 0 Å². The van der Waals surface area contributed by atoms with E-state index >= 15 is 0 Å². The Morgan fingerprint density at radius 3 is 3.19 bits per heavy atom. The standard InChI is InChI=1S/C12H20N4/c1-2-4-11-5-7-14-12(15-11)16-9-3-6-13-8-10-16/h5,7,13H,2-4,6,8-10H2,1H3. The van der Waals surface area contributed by atoms with Gasteiger partial charge in [0.1, 0.15) is 0 Å². The SMILES string of the molecule is CCCc1ccnc(N2CCCNCC2)n1. The highest BCUT2D eigenvalue weighted by atomic mass is 15.3. The van der Waals surface area contributed by atoms with E-state index in [4.69, 9.17) is 0 Å². The molecule has 0 spiro atoms. The second kappa shape index (κ2) is 5.80. The maximum absolute atomic E-state index is 4.61. The highest BCUT2D eigenvalue weighted by Crippen LogP contribution is 2.10. The highest BCUT2D eigenvalue weighted by molar-refractivity contribution is 5.30. The van der Waals surface area contributed by atoms with Crippen LogP contribution in [0.1, 0.15) is 25.5 Å². The lowest BCUT2D eigenvalue weighted by Gasteiger charge is -2.19. The van der Waals surface area contributed by atoms with Crippen molar-refractivity contribution >= 4 is 5.95 Å². The summed E-state index contributed by atoms with van der Waals surface area (Å²) in [4.78, 5) is 11.3. The molecule has 4 heteroatoms. The van der Waals surface area contributed by atoms with Crippen molar-refractivity contribution in [2.75, 3.05) is 31.1 Å². The maximum atomic E-state index is 4.61. The summed E-state index contributed by atoms with van der Waals surface area (Å²) in [5.41, 5.74) is 1.16. The van der Waals surface area contributed by atoms with E-state index in [1.807, 2.05) is 12.3 Å². The summed E-state index contributed by atoms with van der Waals surface area (Å²) in [6.07, 6.45) is 5.23. The van der Waals surface area contributed by atoms with E-state index in [1.165, 1.54) is 6.42 Å². The molecule has 1 aromatic heterocycles. The Labute approximate surface area is 97.1 Å². The lowest BCUT2D eigenvalue weighted by atomic mass is 10.2. The van der Waals surface area contributed by atoms with E-state index in [-0.39, 0.29) is 0 Å². The van der Waals surface area contributed by atoms with Gasteiger partial charge in [-0.25, -0.2) is 9.97 Å². The summed E-state index contributed by atoms with van der Waals surface area (Å²) in [6, 6.07) is 2.02. The summed E-state index contributed by atoms with van der Waals surface area (Å²) in [5, 5.41) is 3.39. The van der Waals surface area contributed by atoms with Gasteiger partial charge in [0.2, 0.25) is 5.95 Å². The van der Waals surface area contributed by atoms with Gasteiger partial charge in [0.05, 0.1) is 0 Å². The molecule has 2 rings (SSSR count). The van der Waals surface area contributed by atoms with Crippen molar-refractivity contribution in [1.82, 2.24) is 15.3 Å². The average Bonchev–Trinajstić information content (AvgIpc) is 2.58. The van der Waals surface area contributed by atoms with Crippen molar-refractivity contribution in [3.63, 3.8) is 0 Å². The van der Waals surface area contributed by atoms with Gasteiger partial charge in [-0.1, -0.05) is 13.3 Å². The topological polar surface area (TPSA) is 41.1 Å². The van der Waals surface area contributed by atoms with Crippen molar-refractivity contribution in [3.05, 3.63) is 18.0 Å². The predicted molar refractivity (Wildman–Crippen MR) is 65.7 cm³/mol. The lowest BCUT2D eigenvalue weighted by molar-refractivity contribution is 0.724. The Bertz CT molecular complexity index is 319. The molecule has 1 aromatic rings. The van der Waals surface area contributed by atoms with E-state index in [9.17, 15) is 0 Å². The Kier molecular flexibility index (Phi) is 4.10. The van der Waals surface area contributed by atoms with Crippen LogP contribution in [0.3, 0.4) is 0 Å². The van der Waals surface area contributed by atoms with E-state index in [1.54, 1.807) is 0 Å². The first-order valence-corrected chi connectivity index (χ1v) is 6.17. The Morgan fingerprint density at radius 2 is 2.31 bits per heavy atom. The number of anilines is 1. The monoisotopic (exact) mass is 220 g/mol. The largest absolute Gasteiger partial charge is 0.339 e. The van der Waals surface area contributed by atoms with Crippen molar-refractivity contribution in [3.8, 4) is 0 Å². The molecule has 1 aliphatic heterocycles. The summed E-state index contributed by atoms with van der Waals surface area (Å²) in [6.45, 7) is 6.38.